The van der Waals surface area contributed by atoms with E-state index >= 15 is 0 Å². The molecule has 0 spiro atoms. The standard InChI is InChI=1S/C13H21N3OS/c1-9(2)11-12(10(3)17)18-13(14-11)16-7-5-15(4)6-8-16/h9H,5-8H2,1-4H3. The molecule has 1 aromatic heterocycles. The van der Waals surface area contributed by atoms with Crippen molar-refractivity contribution in [1.82, 2.24) is 9.88 Å². The summed E-state index contributed by atoms with van der Waals surface area (Å²) in [4.78, 5) is 21.8. The second kappa shape index (κ2) is 5.36. The third kappa shape index (κ3) is 2.72. The minimum Gasteiger partial charge on any atom is -0.346 e. The zero-order valence-electron chi connectivity index (χ0n) is 11.6. The number of thiazole rings is 1. The zero-order valence-corrected chi connectivity index (χ0v) is 12.4. The minimum absolute atomic E-state index is 0.136. The van der Waals surface area contributed by atoms with Crippen molar-refractivity contribution in [3.8, 4) is 0 Å². The van der Waals surface area contributed by atoms with Crippen LogP contribution in [-0.2, 0) is 0 Å². The first kappa shape index (κ1) is 13.5. The van der Waals surface area contributed by atoms with Crippen molar-refractivity contribution in [3.63, 3.8) is 0 Å². The monoisotopic (exact) mass is 267 g/mol. The van der Waals surface area contributed by atoms with E-state index in [9.17, 15) is 4.79 Å². The number of hydrogen-bond donors (Lipinski definition) is 0. The van der Waals surface area contributed by atoms with Crippen LogP contribution >= 0.6 is 11.3 Å². The first-order chi connectivity index (χ1) is 8.49. The first-order valence-corrected chi connectivity index (χ1v) is 7.26. The molecule has 18 heavy (non-hydrogen) atoms. The Morgan fingerprint density at radius 3 is 2.33 bits per heavy atom. The number of Topliss-reactive ketones (excluding diaryl/α,β-unsaturated/α-hetero) is 1. The lowest BCUT2D eigenvalue weighted by Crippen LogP contribution is -2.44. The summed E-state index contributed by atoms with van der Waals surface area (Å²) in [6.07, 6.45) is 0. The van der Waals surface area contributed by atoms with Gasteiger partial charge >= 0.3 is 0 Å². The van der Waals surface area contributed by atoms with E-state index in [1.807, 2.05) is 0 Å². The molecule has 5 heteroatoms. The number of carbonyl (C=O) groups excluding carboxylic acids is 1. The van der Waals surface area contributed by atoms with Crippen LogP contribution in [0.3, 0.4) is 0 Å². The van der Waals surface area contributed by atoms with Crippen molar-refractivity contribution in [2.75, 3.05) is 38.1 Å². The Kier molecular flexibility index (Phi) is 4.02. The zero-order chi connectivity index (χ0) is 13.3. The smallest absolute Gasteiger partial charge is 0.186 e. The molecular weight excluding hydrogens is 246 g/mol. The fourth-order valence-corrected chi connectivity index (χ4v) is 3.26. The number of rotatable bonds is 3. The molecule has 100 valence electrons. The number of nitrogens with zero attached hydrogens (tertiary/aromatic N) is 3. The molecule has 0 aliphatic carbocycles. The summed E-state index contributed by atoms with van der Waals surface area (Å²) < 4.78 is 0. The van der Waals surface area contributed by atoms with E-state index in [1.165, 1.54) is 0 Å². The second-order valence-corrected chi connectivity index (χ2v) is 6.19. The van der Waals surface area contributed by atoms with Gasteiger partial charge in [0.1, 0.15) is 0 Å². The lowest BCUT2D eigenvalue weighted by atomic mass is 10.1. The molecule has 0 radical (unpaired) electrons. The second-order valence-electron chi connectivity index (χ2n) is 5.21. The Hall–Kier alpha value is -0.940. The summed E-state index contributed by atoms with van der Waals surface area (Å²) >= 11 is 1.55. The number of carbonyl (C=O) groups is 1. The van der Waals surface area contributed by atoms with E-state index in [-0.39, 0.29) is 5.78 Å². The van der Waals surface area contributed by atoms with Crippen LogP contribution < -0.4 is 4.90 Å². The summed E-state index contributed by atoms with van der Waals surface area (Å²) in [6.45, 7) is 9.94. The third-order valence-corrected chi connectivity index (χ3v) is 4.52. The molecule has 1 fully saturated rings. The Labute approximate surface area is 113 Å². The average molecular weight is 267 g/mol. The van der Waals surface area contributed by atoms with Gasteiger partial charge < -0.3 is 9.80 Å². The fourth-order valence-electron chi connectivity index (χ4n) is 2.10. The Morgan fingerprint density at radius 2 is 1.89 bits per heavy atom. The van der Waals surface area contributed by atoms with Crippen LogP contribution in [0.5, 0.6) is 0 Å². The molecule has 1 aromatic rings. The molecule has 0 aromatic carbocycles. The molecule has 1 saturated heterocycles. The number of aromatic nitrogens is 1. The molecule has 2 rings (SSSR count). The van der Waals surface area contributed by atoms with Crippen LogP contribution in [0.1, 0.15) is 42.1 Å². The molecule has 0 atom stereocenters. The molecule has 1 aliphatic heterocycles. The fraction of sp³-hybridized carbons (Fsp3) is 0.692. The van der Waals surface area contributed by atoms with E-state index in [0.717, 1.165) is 41.9 Å². The van der Waals surface area contributed by atoms with Crippen molar-refractivity contribution in [1.29, 1.82) is 0 Å². The van der Waals surface area contributed by atoms with Crippen molar-refractivity contribution in [2.24, 2.45) is 0 Å². The molecule has 0 N–H and O–H groups in total. The van der Waals surface area contributed by atoms with Gasteiger partial charge in [-0.2, -0.15) is 0 Å². The van der Waals surface area contributed by atoms with Gasteiger partial charge in [0.05, 0.1) is 10.6 Å². The molecule has 2 heterocycles. The van der Waals surface area contributed by atoms with Gasteiger partial charge in [-0.05, 0) is 13.0 Å². The van der Waals surface area contributed by atoms with E-state index in [4.69, 9.17) is 0 Å². The van der Waals surface area contributed by atoms with Gasteiger partial charge in [0.15, 0.2) is 10.9 Å². The topological polar surface area (TPSA) is 36.4 Å². The van der Waals surface area contributed by atoms with Gasteiger partial charge in [0, 0.05) is 33.1 Å². The van der Waals surface area contributed by atoms with Crippen LogP contribution in [0.15, 0.2) is 0 Å². The van der Waals surface area contributed by atoms with E-state index in [1.54, 1.807) is 18.3 Å². The molecular formula is C13H21N3OS. The minimum atomic E-state index is 0.136. The molecule has 0 bridgehead atoms. The SMILES string of the molecule is CC(=O)c1sc(N2CCN(C)CC2)nc1C(C)C. The highest BCUT2D eigenvalue weighted by molar-refractivity contribution is 7.17. The third-order valence-electron chi connectivity index (χ3n) is 3.28. The number of ketones is 1. The maximum Gasteiger partial charge on any atom is 0.186 e. The summed E-state index contributed by atoms with van der Waals surface area (Å²) in [6, 6.07) is 0. The maximum absolute atomic E-state index is 11.7. The lowest BCUT2D eigenvalue weighted by Gasteiger charge is -2.32. The van der Waals surface area contributed by atoms with Crippen molar-refractivity contribution >= 4 is 22.3 Å². The lowest BCUT2D eigenvalue weighted by molar-refractivity contribution is 0.102. The largest absolute Gasteiger partial charge is 0.346 e. The highest BCUT2D eigenvalue weighted by Gasteiger charge is 2.22. The van der Waals surface area contributed by atoms with Crippen LogP contribution in [0, 0.1) is 0 Å². The Bertz CT molecular complexity index is 433. The number of hydrogen-bond acceptors (Lipinski definition) is 5. The Morgan fingerprint density at radius 1 is 1.28 bits per heavy atom. The van der Waals surface area contributed by atoms with Crippen LogP contribution in [-0.4, -0.2) is 48.9 Å². The van der Waals surface area contributed by atoms with Crippen LogP contribution in [0.4, 0.5) is 5.13 Å². The quantitative estimate of drug-likeness (QED) is 0.787. The molecule has 4 nitrogen and oxygen atoms in total. The van der Waals surface area contributed by atoms with E-state index in [0.29, 0.717) is 5.92 Å². The normalized spacial score (nSPS) is 17.5. The number of likely N-dealkylation sites (N-methyl/N-ethyl adjacent to an activating group) is 1. The highest BCUT2D eigenvalue weighted by atomic mass is 32.1. The summed E-state index contributed by atoms with van der Waals surface area (Å²) in [7, 11) is 2.14. The van der Waals surface area contributed by atoms with Gasteiger partial charge in [-0.1, -0.05) is 25.2 Å². The average Bonchev–Trinajstić information content (AvgIpc) is 2.75. The Balaban J connectivity index is 2.24. The predicted molar refractivity (Wildman–Crippen MR) is 75.9 cm³/mol. The van der Waals surface area contributed by atoms with E-state index < -0.39 is 0 Å². The van der Waals surface area contributed by atoms with Gasteiger partial charge in [-0.3, -0.25) is 4.79 Å². The van der Waals surface area contributed by atoms with Crippen LogP contribution in [0.25, 0.3) is 0 Å². The van der Waals surface area contributed by atoms with Gasteiger partial charge in [0.2, 0.25) is 0 Å². The van der Waals surface area contributed by atoms with Crippen molar-refractivity contribution in [3.05, 3.63) is 10.6 Å². The van der Waals surface area contributed by atoms with Crippen molar-refractivity contribution < 1.29 is 4.79 Å². The first-order valence-electron chi connectivity index (χ1n) is 6.44. The molecule has 0 saturated carbocycles. The summed E-state index contributed by atoms with van der Waals surface area (Å²) in [5.41, 5.74) is 0.960. The summed E-state index contributed by atoms with van der Waals surface area (Å²) in [5, 5.41) is 1.01. The van der Waals surface area contributed by atoms with Gasteiger partial charge in [-0.15, -0.1) is 0 Å². The maximum atomic E-state index is 11.7. The van der Waals surface area contributed by atoms with Crippen LogP contribution in [0.2, 0.25) is 0 Å². The van der Waals surface area contributed by atoms with Gasteiger partial charge in [-0.25, -0.2) is 4.98 Å². The van der Waals surface area contributed by atoms with Gasteiger partial charge in [0.25, 0.3) is 0 Å². The van der Waals surface area contributed by atoms with E-state index in [2.05, 4.69) is 35.7 Å². The number of piperazine rings is 1. The number of anilines is 1. The molecule has 0 unspecified atom stereocenters. The van der Waals surface area contributed by atoms with Crippen molar-refractivity contribution in [2.45, 2.75) is 26.7 Å². The summed E-state index contributed by atoms with van der Waals surface area (Å²) in [5.74, 6) is 0.443. The highest BCUT2D eigenvalue weighted by Crippen LogP contribution is 2.31. The molecule has 1 aliphatic rings. The predicted octanol–water partition coefficient (Wildman–Crippen LogP) is 2.22. The molecule has 0 amide bonds.